The van der Waals surface area contributed by atoms with Crippen LogP contribution in [0.5, 0.6) is 0 Å². The molecular weight excluding hydrogens is 288 g/mol. The normalized spacial score (nSPS) is 24.5. The fourth-order valence-corrected chi connectivity index (χ4v) is 4.95. The third-order valence-electron chi connectivity index (χ3n) is 3.85. The summed E-state index contributed by atoms with van der Waals surface area (Å²) in [5.41, 5.74) is 0.759. The topological polar surface area (TPSA) is 71.4 Å². The lowest BCUT2D eigenvalue weighted by atomic mass is 10.1. The Kier molecular flexibility index (Phi) is 3.29. The van der Waals surface area contributed by atoms with Crippen molar-refractivity contribution in [3.63, 3.8) is 0 Å². The summed E-state index contributed by atoms with van der Waals surface area (Å²) in [6.45, 7) is 0. The van der Waals surface area contributed by atoms with Crippen LogP contribution in [-0.2, 0) is 14.6 Å². The zero-order valence-electron chi connectivity index (χ0n) is 11.1. The first-order valence-corrected chi connectivity index (χ1v) is 8.15. The lowest BCUT2D eigenvalue weighted by molar-refractivity contribution is -0.138. The maximum Gasteiger partial charge on any atom is 0.308 e. The predicted octanol–water partition coefficient (Wildman–Crippen LogP) is 2.33. The van der Waals surface area contributed by atoms with E-state index < -0.39 is 32.9 Å². The minimum atomic E-state index is -3.64. The quantitative estimate of drug-likeness (QED) is 0.941. The van der Waals surface area contributed by atoms with Crippen molar-refractivity contribution < 1.29 is 18.3 Å². The van der Waals surface area contributed by atoms with E-state index in [1.54, 1.807) is 42.5 Å². The van der Waals surface area contributed by atoms with Crippen molar-refractivity contribution in [1.82, 2.24) is 0 Å². The number of aliphatic carboxylic acids is 1. The van der Waals surface area contributed by atoms with Crippen molar-refractivity contribution in [2.24, 2.45) is 5.92 Å². The zero-order valence-corrected chi connectivity index (χ0v) is 11.9. The van der Waals surface area contributed by atoms with Gasteiger partial charge in [-0.25, -0.2) is 8.42 Å². The van der Waals surface area contributed by atoms with Gasteiger partial charge in [0.25, 0.3) is 0 Å². The molecule has 3 atom stereocenters. The Morgan fingerprint density at radius 2 is 1.43 bits per heavy atom. The van der Waals surface area contributed by atoms with Crippen molar-refractivity contribution in [3.8, 4) is 0 Å². The Balaban J connectivity index is 2.00. The summed E-state index contributed by atoms with van der Waals surface area (Å²) in [6, 6.07) is 17.0. The van der Waals surface area contributed by atoms with E-state index in [2.05, 4.69) is 0 Å². The molecule has 3 rings (SSSR count). The molecule has 0 amide bonds. The monoisotopic (exact) mass is 302 g/mol. The van der Waals surface area contributed by atoms with E-state index in [1.807, 2.05) is 6.07 Å². The maximum absolute atomic E-state index is 12.6. The molecule has 1 fully saturated rings. The molecule has 1 N–H and O–H groups in total. The Morgan fingerprint density at radius 3 is 1.95 bits per heavy atom. The van der Waals surface area contributed by atoms with Crippen molar-refractivity contribution in [3.05, 3.63) is 66.2 Å². The van der Waals surface area contributed by atoms with Crippen molar-refractivity contribution in [2.75, 3.05) is 0 Å². The summed E-state index contributed by atoms with van der Waals surface area (Å²) in [5.74, 6) is -2.42. The van der Waals surface area contributed by atoms with Gasteiger partial charge >= 0.3 is 5.97 Å². The van der Waals surface area contributed by atoms with Crippen LogP contribution in [-0.4, -0.2) is 24.7 Å². The highest BCUT2D eigenvalue weighted by molar-refractivity contribution is 7.92. The molecule has 1 aliphatic carbocycles. The van der Waals surface area contributed by atoms with Gasteiger partial charge in [-0.3, -0.25) is 4.79 Å². The summed E-state index contributed by atoms with van der Waals surface area (Å²) in [6.07, 6.45) is 0. The average Bonchev–Trinajstić information content (AvgIpc) is 3.26. The number of benzene rings is 2. The first-order chi connectivity index (χ1) is 10.0. The van der Waals surface area contributed by atoms with Crippen LogP contribution in [0, 0.1) is 5.92 Å². The number of hydrogen-bond donors (Lipinski definition) is 1. The van der Waals surface area contributed by atoms with Gasteiger partial charge in [-0.1, -0.05) is 48.5 Å². The summed E-state index contributed by atoms with van der Waals surface area (Å²) < 4.78 is 25.3. The van der Waals surface area contributed by atoms with Gasteiger partial charge in [0.2, 0.25) is 0 Å². The van der Waals surface area contributed by atoms with E-state index >= 15 is 0 Å². The molecule has 2 aromatic carbocycles. The zero-order chi connectivity index (χ0) is 15.0. The minimum absolute atomic E-state index is 0.180. The van der Waals surface area contributed by atoms with E-state index in [1.165, 1.54) is 12.1 Å². The second-order valence-corrected chi connectivity index (χ2v) is 7.23. The first-order valence-electron chi connectivity index (χ1n) is 6.60. The first kappa shape index (κ1) is 13.8. The standard InChI is InChI=1S/C16H14O4S/c17-16(18)14-13(11-7-3-1-4-8-11)15(14)21(19,20)12-9-5-2-6-10-12/h1-10,13-15H,(H,17,18). The third kappa shape index (κ3) is 2.34. The summed E-state index contributed by atoms with van der Waals surface area (Å²) in [5, 5.41) is 8.41. The molecule has 0 aliphatic heterocycles. The van der Waals surface area contributed by atoms with Crippen LogP contribution < -0.4 is 0 Å². The highest BCUT2D eigenvalue weighted by Crippen LogP contribution is 2.54. The summed E-state index contributed by atoms with van der Waals surface area (Å²) in [4.78, 5) is 11.5. The van der Waals surface area contributed by atoms with Gasteiger partial charge < -0.3 is 5.11 Å². The highest BCUT2D eigenvalue weighted by Gasteiger charge is 2.62. The SMILES string of the molecule is O=C(O)C1C(c2ccccc2)C1S(=O)(=O)c1ccccc1. The van der Waals surface area contributed by atoms with E-state index in [0.29, 0.717) is 0 Å². The molecule has 0 aromatic heterocycles. The molecule has 2 aromatic rings. The second-order valence-electron chi connectivity index (χ2n) is 5.12. The van der Waals surface area contributed by atoms with Crippen LogP contribution in [0.15, 0.2) is 65.6 Å². The van der Waals surface area contributed by atoms with Crippen LogP contribution in [0.1, 0.15) is 11.5 Å². The van der Waals surface area contributed by atoms with Crippen LogP contribution in [0.3, 0.4) is 0 Å². The minimum Gasteiger partial charge on any atom is -0.481 e. The average molecular weight is 302 g/mol. The van der Waals surface area contributed by atoms with E-state index in [4.69, 9.17) is 0 Å². The van der Waals surface area contributed by atoms with Gasteiger partial charge in [0.1, 0.15) is 0 Å². The number of rotatable bonds is 4. The van der Waals surface area contributed by atoms with Crippen LogP contribution >= 0.6 is 0 Å². The Morgan fingerprint density at radius 1 is 0.905 bits per heavy atom. The van der Waals surface area contributed by atoms with Gasteiger partial charge in [0.05, 0.1) is 16.1 Å². The molecule has 0 bridgehead atoms. The fourth-order valence-electron chi connectivity index (χ4n) is 2.80. The lowest BCUT2D eigenvalue weighted by Crippen LogP contribution is -2.13. The van der Waals surface area contributed by atoms with Crippen molar-refractivity contribution in [1.29, 1.82) is 0 Å². The Bertz CT molecular complexity index is 753. The number of carboxylic acids is 1. The molecule has 0 radical (unpaired) electrons. The van der Waals surface area contributed by atoms with E-state index in [9.17, 15) is 18.3 Å². The largest absolute Gasteiger partial charge is 0.481 e. The molecule has 5 heteroatoms. The molecular formula is C16H14O4S. The number of hydrogen-bond acceptors (Lipinski definition) is 3. The molecule has 21 heavy (non-hydrogen) atoms. The van der Waals surface area contributed by atoms with Gasteiger partial charge in [-0.15, -0.1) is 0 Å². The van der Waals surface area contributed by atoms with Crippen molar-refractivity contribution in [2.45, 2.75) is 16.1 Å². The second kappa shape index (κ2) is 5.00. The fraction of sp³-hybridized carbons (Fsp3) is 0.188. The van der Waals surface area contributed by atoms with Crippen LogP contribution in [0.4, 0.5) is 0 Å². The molecule has 0 saturated heterocycles. The molecule has 4 nitrogen and oxygen atoms in total. The van der Waals surface area contributed by atoms with Gasteiger partial charge in [0, 0.05) is 5.92 Å². The number of carboxylic acid groups (broad SMARTS) is 1. The molecule has 1 aliphatic rings. The molecule has 0 spiro atoms. The molecule has 3 unspecified atom stereocenters. The van der Waals surface area contributed by atoms with Gasteiger partial charge in [0.15, 0.2) is 9.84 Å². The van der Waals surface area contributed by atoms with Gasteiger partial charge in [-0.2, -0.15) is 0 Å². The highest BCUT2D eigenvalue weighted by atomic mass is 32.2. The summed E-state index contributed by atoms with van der Waals surface area (Å²) >= 11 is 0. The smallest absolute Gasteiger partial charge is 0.308 e. The molecule has 108 valence electrons. The maximum atomic E-state index is 12.6. The van der Waals surface area contributed by atoms with E-state index in [-0.39, 0.29) is 4.90 Å². The number of sulfone groups is 1. The Labute approximate surface area is 123 Å². The predicted molar refractivity (Wildman–Crippen MR) is 77.7 cm³/mol. The van der Waals surface area contributed by atoms with Crippen molar-refractivity contribution >= 4 is 15.8 Å². The van der Waals surface area contributed by atoms with Crippen LogP contribution in [0.2, 0.25) is 0 Å². The van der Waals surface area contributed by atoms with Gasteiger partial charge in [-0.05, 0) is 17.7 Å². The summed E-state index contributed by atoms with van der Waals surface area (Å²) in [7, 11) is -3.64. The number of carbonyl (C=O) groups is 1. The lowest BCUT2D eigenvalue weighted by Gasteiger charge is -2.03. The molecule has 0 heterocycles. The van der Waals surface area contributed by atoms with E-state index in [0.717, 1.165) is 5.56 Å². The third-order valence-corrected chi connectivity index (χ3v) is 6.09. The molecule has 1 saturated carbocycles. The Hall–Kier alpha value is -2.14. The van der Waals surface area contributed by atoms with Crippen LogP contribution in [0.25, 0.3) is 0 Å².